The van der Waals surface area contributed by atoms with Gasteiger partial charge >= 0.3 is 0 Å². The Morgan fingerprint density at radius 2 is 1.82 bits per heavy atom. The summed E-state index contributed by atoms with van der Waals surface area (Å²) in [7, 11) is 0. The third-order valence-corrected chi connectivity index (χ3v) is 4.20. The molecule has 1 heterocycles. The van der Waals surface area contributed by atoms with Gasteiger partial charge in [0.1, 0.15) is 0 Å². The first-order valence-corrected chi connectivity index (χ1v) is 7.99. The zero-order chi connectivity index (χ0) is 15.4. The van der Waals surface area contributed by atoms with Crippen molar-refractivity contribution >= 4 is 29.1 Å². The second-order valence-electron chi connectivity index (χ2n) is 4.52. The summed E-state index contributed by atoms with van der Waals surface area (Å²) in [6.45, 7) is 0. The van der Waals surface area contributed by atoms with Gasteiger partial charge in [-0.25, -0.2) is 4.98 Å². The van der Waals surface area contributed by atoms with Gasteiger partial charge in [-0.15, -0.1) is 5.10 Å². The van der Waals surface area contributed by atoms with Crippen LogP contribution in [0.1, 0.15) is 10.4 Å². The summed E-state index contributed by atoms with van der Waals surface area (Å²) in [5, 5.41) is 8.10. The van der Waals surface area contributed by atoms with E-state index in [9.17, 15) is 4.79 Å². The molecule has 4 nitrogen and oxygen atoms in total. The molecule has 0 saturated heterocycles. The lowest BCUT2D eigenvalue weighted by atomic mass is 10.2. The topological polar surface area (TPSA) is 58.6 Å². The fourth-order valence-electron chi connectivity index (χ4n) is 1.92. The molecule has 0 aliphatic carbocycles. The molecule has 3 rings (SSSR count). The van der Waals surface area contributed by atoms with Crippen LogP contribution < -0.4 is 0 Å². The number of halogens is 1. The smallest absolute Gasteiger partial charge is 0.209 e. The van der Waals surface area contributed by atoms with E-state index in [1.54, 1.807) is 18.2 Å². The average molecular weight is 330 g/mol. The monoisotopic (exact) mass is 329 g/mol. The highest BCUT2D eigenvalue weighted by Crippen LogP contribution is 2.26. The molecule has 0 radical (unpaired) electrons. The minimum absolute atomic E-state index is 0.0506. The number of hydrogen-bond donors (Lipinski definition) is 1. The molecule has 0 spiro atoms. The number of nitrogens with zero attached hydrogens (tertiary/aromatic N) is 2. The van der Waals surface area contributed by atoms with Gasteiger partial charge < -0.3 is 0 Å². The zero-order valence-corrected chi connectivity index (χ0v) is 13.1. The van der Waals surface area contributed by atoms with Gasteiger partial charge in [-0.2, -0.15) is 0 Å². The first-order valence-electron chi connectivity index (χ1n) is 6.62. The van der Waals surface area contributed by atoms with E-state index in [2.05, 4.69) is 15.2 Å². The molecule has 0 atom stereocenters. The molecule has 2 aromatic carbocycles. The SMILES string of the molecule is O=C(CSc1n[nH]c(-c2ccccc2Cl)n1)c1ccccc1. The Morgan fingerprint density at radius 1 is 1.09 bits per heavy atom. The number of Topliss-reactive ketones (excluding diaryl/α,β-unsaturated/α-hetero) is 1. The largest absolute Gasteiger partial charge is 0.293 e. The molecule has 0 fully saturated rings. The van der Waals surface area contributed by atoms with Crippen LogP contribution in [0.15, 0.2) is 59.8 Å². The van der Waals surface area contributed by atoms with Crippen LogP contribution in [0, 0.1) is 0 Å². The number of H-pyrrole nitrogens is 1. The van der Waals surface area contributed by atoms with E-state index in [0.29, 0.717) is 27.3 Å². The fraction of sp³-hybridized carbons (Fsp3) is 0.0625. The number of rotatable bonds is 5. The lowest BCUT2D eigenvalue weighted by molar-refractivity contribution is 0.102. The molecule has 1 N–H and O–H groups in total. The summed E-state index contributed by atoms with van der Waals surface area (Å²) in [6.07, 6.45) is 0. The summed E-state index contributed by atoms with van der Waals surface area (Å²) < 4.78 is 0. The van der Waals surface area contributed by atoms with Crippen LogP contribution in [0.3, 0.4) is 0 Å². The number of benzene rings is 2. The number of hydrogen-bond acceptors (Lipinski definition) is 4. The van der Waals surface area contributed by atoms with E-state index < -0.39 is 0 Å². The number of thioether (sulfide) groups is 1. The normalized spacial score (nSPS) is 10.6. The number of nitrogens with one attached hydrogen (secondary N) is 1. The van der Waals surface area contributed by atoms with Gasteiger partial charge in [-0.05, 0) is 12.1 Å². The van der Waals surface area contributed by atoms with E-state index in [4.69, 9.17) is 11.6 Å². The summed E-state index contributed by atoms with van der Waals surface area (Å²) in [4.78, 5) is 16.4. The fourth-order valence-corrected chi connectivity index (χ4v) is 2.84. The predicted molar refractivity (Wildman–Crippen MR) is 88.3 cm³/mol. The van der Waals surface area contributed by atoms with Crippen molar-refractivity contribution in [1.29, 1.82) is 0 Å². The van der Waals surface area contributed by atoms with Crippen LogP contribution in [0.5, 0.6) is 0 Å². The lowest BCUT2D eigenvalue weighted by Crippen LogP contribution is -2.01. The number of aromatic nitrogens is 3. The molecule has 22 heavy (non-hydrogen) atoms. The maximum absolute atomic E-state index is 12.0. The maximum Gasteiger partial charge on any atom is 0.209 e. The number of aromatic amines is 1. The summed E-state index contributed by atoms with van der Waals surface area (Å²) >= 11 is 7.43. The molecule has 0 saturated carbocycles. The predicted octanol–water partition coefficient (Wildman–Crippen LogP) is 4.10. The van der Waals surface area contributed by atoms with Crippen molar-refractivity contribution < 1.29 is 4.79 Å². The van der Waals surface area contributed by atoms with Crippen LogP contribution in [-0.4, -0.2) is 26.7 Å². The molecule has 3 aromatic rings. The van der Waals surface area contributed by atoms with Crippen molar-refractivity contribution in [3.05, 3.63) is 65.2 Å². The Balaban J connectivity index is 1.68. The molecule has 0 bridgehead atoms. The van der Waals surface area contributed by atoms with Crippen LogP contribution in [0.4, 0.5) is 0 Å². The highest BCUT2D eigenvalue weighted by molar-refractivity contribution is 7.99. The van der Waals surface area contributed by atoms with E-state index >= 15 is 0 Å². The highest BCUT2D eigenvalue weighted by Gasteiger charge is 2.11. The Bertz CT molecular complexity index is 789. The summed E-state index contributed by atoms with van der Waals surface area (Å²) in [5.74, 6) is 0.944. The van der Waals surface area contributed by atoms with E-state index in [0.717, 1.165) is 5.56 Å². The van der Waals surface area contributed by atoms with Crippen LogP contribution >= 0.6 is 23.4 Å². The van der Waals surface area contributed by atoms with Gasteiger partial charge in [-0.3, -0.25) is 9.89 Å². The highest BCUT2D eigenvalue weighted by atomic mass is 35.5. The quantitative estimate of drug-likeness (QED) is 0.565. The Hall–Kier alpha value is -2.11. The first-order chi connectivity index (χ1) is 10.7. The van der Waals surface area contributed by atoms with Crippen LogP contribution in [0.25, 0.3) is 11.4 Å². The molecule has 110 valence electrons. The second kappa shape index (κ2) is 6.77. The summed E-state index contributed by atoms with van der Waals surface area (Å²) in [6, 6.07) is 16.6. The molecular formula is C16H12ClN3OS. The molecule has 0 unspecified atom stereocenters. The molecule has 0 aliphatic rings. The Kier molecular flexibility index (Phi) is 4.56. The van der Waals surface area contributed by atoms with Gasteiger partial charge in [0.15, 0.2) is 11.6 Å². The average Bonchev–Trinajstić information content (AvgIpc) is 3.02. The van der Waals surface area contributed by atoms with Crippen molar-refractivity contribution in [2.24, 2.45) is 0 Å². The zero-order valence-electron chi connectivity index (χ0n) is 11.5. The molecule has 6 heteroatoms. The van der Waals surface area contributed by atoms with E-state index in [-0.39, 0.29) is 5.78 Å². The van der Waals surface area contributed by atoms with Crippen LogP contribution in [0.2, 0.25) is 5.02 Å². The Labute approximate surface area is 136 Å². The number of ketones is 1. The van der Waals surface area contributed by atoms with Crippen molar-refractivity contribution in [1.82, 2.24) is 15.2 Å². The third-order valence-electron chi connectivity index (χ3n) is 3.02. The van der Waals surface area contributed by atoms with Gasteiger partial charge in [0.05, 0.1) is 10.8 Å². The van der Waals surface area contributed by atoms with Gasteiger partial charge in [0.25, 0.3) is 0 Å². The number of carbonyl (C=O) groups excluding carboxylic acids is 1. The van der Waals surface area contributed by atoms with Gasteiger partial charge in [-0.1, -0.05) is 65.8 Å². The van der Waals surface area contributed by atoms with Crippen molar-refractivity contribution in [2.75, 3.05) is 5.75 Å². The first kappa shape index (κ1) is 14.8. The molecule has 1 aromatic heterocycles. The second-order valence-corrected chi connectivity index (χ2v) is 5.87. The maximum atomic E-state index is 12.0. The van der Waals surface area contributed by atoms with Gasteiger partial charge in [0, 0.05) is 11.1 Å². The van der Waals surface area contributed by atoms with Gasteiger partial charge in [0.2, 0.25) is 5.16 Å². The number of carbonyl (C=O) groups is 1. The third kappa shape index (κ3) is 3.37. The van der Waals surface area contributed by atoms with Crippen molar-refractivity contribution in [3.8, 4) is 11.4 Å². The molecule has 0 amide bonds. The van der Waals surface area contributed by atoms with E-state index in [1.165, 1.54) is 11.8 Å². The molecule has 0 aliphatic heterocycles. The lowest BCUT2D eigenvalue weighted by Gasteiger charge is -1.98. The van der Waals surface area contributed by atoms with Crippen molar-refractivity contribution in [3.63, 3.8) is 0 Å². The van der Waals surface area contributed by atoms with Crippen molar-refractivity contribution in [2.45, 2.75) is 5.16 Å². The molecular weight excluding hydrogens is 318 g/mol. The minimum Gasteiger partial charge on any atom is -0.293 e. The van der Waals surface area contributed by atoms with E-state index in [1.807, 2.05) is 36.4 Å². The summed E-state index contributed by atoms with van der Waals surface area (Å²) in [5.41, 5.74) is 1.48. The standard InChI is InChI=1S/C16H12ClN3OS/c17-13-9-5-4-8-12(13)15-18-16(20-19-15)22-10-14(21)11-6-2-1-3-7-11/h1-9H,10H2,(H,18,19,20). The Morgan fingerprint density at radius 3 is 2.59 bits per heavy atom. The van der Waals surface area contributed by atoms with Crippen LogP contribution in [-0.2, 0) is 0 Å². The minimum atomic E-state index is 0.0506.